The van der Waals surface area contributed by atoms with E-state index in [1.165, 1.54) is 11.5 Å². The minimum atomic E-state index is -0.0836. The van der Waals surface area contributed by atoms with Crippen LogP contribution in [0.4, 0.5) is 9.80 Å². The summed E-state index contributed by atoms with van der Waals surface area (Å²) in [4.78, 5) is 13.4. The first-order valence-corrected chi connectivity index (χ1v) is 6.67. The molecule has 0 radical (unpaired) electrons. The Hall–Kier alpha value is -1.10. The second kappa shape index (κ2) is 6.00. The molecule has 5 heteroatoms. The van der Waals surface area contributed by atoms with Crippen molar-refractivity contribution in [3.05, 3.63) is 11.8 Å². The van der Waals surface area contributed by atoms with Crippen LogP contribution in [0, 0.1) is 5.92 Å². The first-order chi connectivity index (χ1) is 7.90. The van der Waals surface area contributed by atoms with E-state index in [9.17, 15) is 4.79 Å². The molecule has 0 aliphatic carbocycles. The number of nitrogens with one attached hydrogen (secondary N) is 1. The molecule has 96 valence electrons. The van der Waals surface area contributed by atoms with Crippen molar-refractivity contribution in [2.24, 2.45) is 5.92 Å². The molecule has 17 heavy (non-hydrogen) atoms. The van der Waals surface area contributed by atoms with Crippen molar-refractivity contribution >= 4 is 22.6 Å². The lowest BCUT2D eigenvalue weighted by Gasteiger charge is -2.21. The van der Waals surface area contributed by atoms with E-state index in [4.69, 9.17) is 0 Å². The normalized spacial score (nSPS) is 11.0. The summed E-state index contributed by atoms with van der Waals surface area (Å²) in [7, 11) is 1.79. The molecule has 1 aromatic heterocycles. The topological polar surface area (TPSA) is 45.2 Å². The molecule has 0 spiro atoms. The molecule has 0 fully saturated rings. The van der Waals surface area contributed by atoms with Crippen LogP contribution in [-0.2, 0) is 6.42 Å². The molecule has 0 bridgehead atoms. The number of hydrogen-bond acceptors (Lipinski definition) is 3. The summed E-state index contributed by atoms with van der Waals surface area (Å²) < 4.78 is 4.32. The van der Waals surface area contributed by atoms with Crippen LogP contribution in [0.2, 0.25) is 0 Å². The summed E-state index contributed by atoms with van der Waals surface area (Å²) in [6, 6.07) is 2.06. The molecule has 0 atom stereocenters. The van der Waals surface area contributed by atoms with Crippen LogP contribution >= 0.6 is 11.5 Å². The van der Waals surface area contributed by atoms with Gasteiger partial charge < -0.3 is 4.90 Å². The van der Waals surface area contributed by atoms with E-state index < -0.39 is 0 Å². The fourth-order valence-electron chi connectivity index (χ4n) is 1.31. The van der Waals surface area contributed by atoms with Gasteiger partial charge in [0, 0.05) is 13.1 Å². The second-order valence-electron chi connectivity index (χ2n) is 4.92. The molecule has 0 aromatic carbocycles. The summed E-state index contributed by atoms with van der Waals surface area (Å²) in [6.07, 6.45) is 0.951. The largest absolute Gasteiger partial charge is 0.325 e. The van der Waals surface area contributed by atoms with E-state index in [1.54, 1.807) is 11.9 Å². The molecule has 2 amide bonds. The molecular weight excluding hydrogens is 234 g/mol. The van der Waals surface area contributed by atoms with Crippen LogP contribution in [0.1, 0.15) is 33.4 Å². The smallest absolute Gasteiger partial charge is 0.322 e. The van der Waals surface area contributed by atoms with E-state index in [0.717, 1.165) is 17.1 Å². The Bertz CT molecular complexity index is 374. The van der Waals surface area contributed by atoms with Crippen LogP contribution in [0.25, 0.3) is 0 Å². The fraction of sp³-hybridized carbons (Fsp3) is 0.667. The maximum atomic E-state index is 11.8. The Balaban J connectivity index is 2.57. The average Bonchev–Trinajstić information content (AvgIpc) is 2.63. The molecule has 0 aliphatic heterocycles. The van der Waals surface area contributed by atoms with Crippen LogP contribution in [0.3, 0.4) is 0 Å². The van der Waals surface area contributed by atoms with Crippen molar-refractivity contribution in [1.82, 2.24) is 9.27 Å². The van der Waals surface area contributed by atoms with E-state index in [0.29, 0.717) is 5.92 Å². The third kappa shape index (κ3) is 4.34. The summed E-state index contributed by atoms with van der Waals surface area (Å²) in [5.74, 6) is 0.582. The van der Waals surface area contributed by atoms with Gasteiger partial charge in [-0.15, -0.1) is 0 Å². The third-order valence-electron chi connectivity index (χ3n) is 2.50. The van der Waals surface area contributed by atoms with Crippen LogP contribution in [-0.4, -0.2) is 28.4 Å². The molecular formula is C12H21N3OS. The monoisotopic (exact) mass is 255 g/mol. The van der Waals surface area contributed by atoms with Crippen LogP contribution < -0.4 is 5.32 Å². The van der Waals surface area contributed by atoms with Gasteiger partial charge in [0.15, 0.2) is 0 Å². The highest BCUT2D eigenvalue weighted by molar-refractivity contribution is 7.10. The van der Waals surface area contributed by atoms with E-state index in [-0.39, 0.29) is 12.1 Å². The third-order valence-corrected chi connectivity index (χ3v) is 3.24. The van der Waals surface area contributed by atoms with Gasteiger partial charge in [-0.25, -0.2) is 4.79 Å². The highest BCUT2D eigenvalue weighted by atomic mass is 32.1. The predicted octanol–water partition coefficient (Wildman–Crippen LogP) is 3.21. The number of carbonyl (C=O) groups excluding carboxylic acids is 1. The van der Waals surface area contributed by atoms with Crippen molar-refractivity contribution in [3.63, 3.8) is 0 Å². The number of anilines is 1. The molecule has 0 saturated carbocycles. The Morgan fingerprint density at radius 3 is 2.65 bits per heavy atom. The van der Waals surface area contributed by atoms with Gasteiger partial charge in [0.2, 0.25) is 0 Å². The maximum Gasteiger partial charge on any atom is 0.322 e. The molecule has 1 rings (SSSR count). The van der Waals surface area contributed by atoms with E-state index in [2.05, 4.69) is 23.5 Å². The van der Waals surface area contributed by atoms with E-state index >= 15 is 0 Å². The second-order valence-corrected chi connectivity index (χ2v) is 5.72. The molecule has 1 heterocycles. The Kier molecular flexibility index (Phi) is 4.93. The lowest BCUT2D eigenvalue weighted by atomic mass is 10.1. The Morgan fingerprint density at radius 2 is 2.12 bits per heavy atom. The van der Waals surface area contributed by atoms with Crippen molar-refractivity contribution in [2.75, 3.05) is 12.4 Å². The van der Waals surface area contributed by atoms with Gasteiger partial charge in [-0.2, -0.15) is 4.37 Å². The number of rotatable bonds is 4. The van der Waals surface area contributed by atoms with Crippen molar-refractivity contribution in [3.8, 4) is 0 Å². The summed E-state index contributed by atoms with van der Waals surface area (Å²) in [5, 5.41) is 3.68. The summed E-state index contributed by atoms with van der Waals surface area (Å²) >= 11 is 1.34. The molecule has 0 saturated heterocycles. The zero-order valence-electron chi connectivity index (χ0n) is 11.2. The van der Waals surface area contributed by atoms with Gasteiger partial charge in [0.05, 0.1) is 5.69 Å². The van der Waals surface area contributed by atoms with Gasteiger partial charge >= 0.3 is 6.03 Å². The zero-order chi connectivity index (χ0) is 13.0. The number of carbonyl (C=O) groups is 1. The summed E-state index contributed by atoms with van der Waals surface area (Å²) in [5.41, 5.74) is 1.05. The minimum absolute atomic E-state index is 0.0836. The van der Waals surface area contributed by atoms with Crippen LogP contribution in [0.15, 0.2) is 6.07 Å². The van der Waals surface area contributed by atoms with Gasteiger partial charge in [0.1, 0.15) is 5.00 Å². The number of amides is 2. The lowest BCUT2D eigenvalue weighted by Crippen LogP contribution is -2.36. The first-order valence-electron chi connectivity index (χ1n) is 5.89. The SMILES string of the molecule is CC(C)Cc1cc(NC(=O)N(C)C(C)C)sn1. The van der Waals surface area contributed by atoms with Crippen molar-refractivity contribution in [1.29, 1.82) is 0 Å². The number of hydrogen-bond donors (Lipinski definition) is 1. The quantitative estimate of drug-likeness (QED) is 0.898. The molecule has 0 aliphatic rings. The standard InChI is InChI=1S/C12H21N3OS/c1-8(2)6-10-7-11(17-14-10)13-12(16)15(5)9(3)4/h7-9H,6H2,1-5H3,(H,13,16). The van der Waals surface area contributed by atoms with Gasteiger partial charge in [-0.1, -0.05) is 13.8 Å². The van der Waals surface area contributed by atoms with Crippen molar-refractivity contribution in [2.45, 2.75) is 40.2 Å². The first kappa shape index (κ1) is 14.0. The zero-order valence-corrected chi connectivity index (χ0v) is 12.0. The molecule has 4 nitrogen and oxygen atoms in total. The van der Waals surface area contributed by atoms with Crippen molar-refractivity contribution < 1.29 is 4.79 Å². The number of aromatic nitrogens is 1. The summed E-state index contributed by atoms with van der Waals surface area (Å²) in [6.45, 7) is 8.28. The van der Waals surface area contributed by atoms with E-state index in [1.807, 2.05) is 19.9 Å². The maximum absolute atomic E-state index is 11.8. The van der Waals surface area contributed by atoms with Gasteiger partial charge in [-0.3, -0.25) is 5.32 Å². The Morgan fingerprint density at radius 1 is 1.47 bits per heavy atom. The molecule has 1 N–H and O–H groups in total. The highest BCUT2D eigenvalue weighted by Gasteiger charge is 2.13. The van der Waals surface area contributed by atoms with Crippen LogP contribution in [0.5, 0.6) is 0 Å². The predicted molar refractivity (Wildman–Crippen MR) is 72.6 cm³/mol. The molecule has 1 aromatic rings. The fourth-order valence-corrected chi connectivity index (χ4v) is 1.98. The highest BCUT2D eigenvalue weighted by Crippen LogP contribution is 2.19. The van der Waals surface area contributed by atoms with Gasteiger partial charge in [-0.05, 0) is 43.8 Å². The minimum Gasteiger partial charge on any atom is -0.325 e. The molecule has 0 unspecified atom stereocenters. The Labute approximate surface area is 107 Å². The average molecular weight is 255 g/mol. The number of nitrogens with zero attached hydrogens (tertiary/aromatic N) is 2. The van der Waals surface area contributed by atoms with Gasteiger partial charge in [0.25, 0.3) is 0 Å². The number of urea groups is 1. The lowest BCUT2D eigenvalue weighted by molar-refractivity contribution is 0.211.